The molecule has 17 heavy (non-hydrogen) atoms. The Morgan fingerprint density at radius 3 is 2.53 bits per heavy atom. The molecule has 0 N–H and O–H groups in total. The number of fused-ring (bicyclic) bond motifs is 1. The second kappa shape index (κ2) is 3.18. The van der Waals surface area contributed by atoms with Gasteiger partial charge in [-0.1, -0.05) is 13.8 Å². The highest BCUT2D eigenvalue weighted by molar-refractivity contribution is 5.46. The Kier molecular flexibility index (Phi) is 1.97. The summed E-state index contributed by atoms with van der Waals surface area (Å²) in [5.41, 5.74) is 0.538. The fourth-order valence-electron chi connectivity index (χ4n) is 2.99. The number of hydrogen-bond acceptors (Lipinski definition) is 4. The number of aromatic nitrogens is 1. The Morgan fingerprint density at radius 1 is 1.41 bits per heavy atom. The molecule has 0 radical (unpaired) electrons. The van der Waals surface area contributed by atoms with Crippen molar-refractivity contribution in [3.63, 3.8) is 0 Å². The molecule has 5 nitrogen and oxygen atoms in total. The molecular formula is C12H15N3O2. The highest BCUT2D eigenvalue weighted by Gasteiger charge is 2.62. The normalized spacial score (nSPS) is 28.9. The van der Waals surface area contributed by atoms with Crippen molar-refractivity contribution in [2.75, 3.05) is 18.0 Å². The summed E-state index contributed by atoms with van der Waals surface area (Å²) in [6.07, 6.45) is 1.34. The Morgan fingerprint density at radius 2 is 2.06 bits per heavy atom. The van der Waals surface area contributed by atoms with Gasteiger partial charge in [0.25, 0.3) is 5.69 Å². The zero-order valence-electron chi connectivity index (χ0n) is 9.96. The lowest BCUT2D eigenvalue weighted by Crippen LogP contribution is -2.26. The number of nitrogens with zero attached hydrogens (tertiary/aromatic N) is 3. The van der Waals surface area contributed by atoms with Gasteiger partial charge >= 0.3 is 0 Å². The van der Waals surface area contributed by atoms with Gasteiger partial charge in [0.2, 0.25) is 0 Å². The molecule has 90 valence electrons. The summed E-state index contributed by atoms with van der Waals surface area (Å²) >= 11 is 0. The number of rotatable bonds is 2. The topological polar surface area (TPSA) is 59.3 Å². The van der Waals surface area contributed by atoms with E-state index in [0.717, 1.165) is 30.7 Å². The molecule has 1 saturated heterocycles. The van der Waals surface area contributed by atoms with Gasteiger partial charge in [0.1, 0.15) is 12.0 Å². The van der Waals surface area contributed by atoms with E-state index < -0.39 is 4.92 Å². The third-order valence-electron chi connectivity index (χ3n) is 4.39. The van der Waals surface area contributed by atoms with E-state index in [-0.39, 0.29) is 5.69 Å². The van der Waals surface area contributed by atoms with Crippen molar-refractivity contribution < 1.29 is 4.92 Å². The lowest BCUT2D eigenvalue weighted by molar-refractivity contribution is -0.385. The van der Waals surface area contributed by atoms with Crippen LogP contribution in [-0.2, 0) is 0 Å². The highest BCUT2D eigenvalue weighted by atomic mass is 16.6. The summed E-state index contributed by atoms with van der Waals surface area (Å²) in [4.78, 5) is 16.5. The fourth-order valence-corrected chi connectivity index (χ4v) is 2.99. The summed E-state index contributed by atoms with van der Waals surface area (Å²) in [7, 11) is 0. The van der Waals surface area contributed by atoms with Crippen LogP contribution in [0, 0.1) is 27.4 Å². The lowest BCUT2D eigenvalue weighted by Gasteiger charge is -2.22. The van der Waals surface area contributed by atoms with Crippen molar-refractivity contribution in [3.05, 3.63) is 28.4 Å². The van der Waals surface area contributed by atoms with Gasteiger partial charge in [-0.15, -0.1) is 0 Å². The van der Waals surface area contributed by atoms with Gasteiger partial charge in [0.05, 0.1) is 4.92 Å². The third kappa shape index (κ3) is 1.49. The van der Waals surface area contributed by atoms with Crippen LogP contribution in [0.2, 0.25) is 0 Å². The van der Waals surface area contributed by atoms with Crippen molar-refractivity contribution in [2.45, 2.75) is 13.8 Å². The molecule has 1 aromatic rings. The molecule has 0 bridgehead atoms. The highest BCUT2D eigenvalue weighted by Crippen LogP contribution is 2.62. The summed E-state index contributed by atoms with van der Waals surface area (Å²) in [5.74, 6) is 2.39. The molecule has 0 amide bonds. The van der Waals surface area contributed by atoms with E-state index in [0.29, 0.717) is 5.41 Å². The average Bonchev–Trinajstić information content (AvgIpc) is 2.70. The molecule has 2 aliphatic rings. The molecule has 2 fully saturated rings. The van der Waals surface area contributed by atoms with E-state index in [4.69, 9.17) is 0 Å². The third-order valence-corrected chi connectivity index (χ3v) is 4.39. The maximum absolute atomic E-state index is 10.5. The predicted molar refractivity (Wildman–Crippen MR) is 63.9 cm³/mol. The lowest BCUT2D eigenvalue weighted by atomic mass is 10.1. The fraction of sp³-hybridized carbons (Fsp3) is 0.583. The van der Waals surface area contributed by atoms with Crippen LogP contribution in [0.5, 0.6) is 0 Å². The van der Waals surface area contributed by atoms with Gasteiger partial charge in [-0.2, -0.15) is 0 Å². The average molecular weight is 233 g/mol. The Labute approximate surface area is 99.6 Å². The van der Waals surface area contributed by atoms with Crippen LogP contribution in [0.25, 0.3) is 0 Å². The zero-order chi connectivity index (χ0) is 12.2. The standard InChI is InChI=1S/C12H15N3O2/c1-12(2)9-6-14(7-10(9)12)11-4-3-8(5-13-11)15(16)17/h3-5,9-10H,6-7H2,1-2H3. The quantitative estimate of drug-likeness (QED) is 0.579. The van der Waals surface area contributed by atoms with E-state index in [9.17, 15) is 10.1 Å². The number of anilines is 1. The smallest absolute Gasteiger partial charge is 0.287 e. The Bertz CT molecular complexity index is 455. The number of pyridine rings is 1. The molecule has 0 spiro atoms. The van der Waals surface area contributed by atoms with E-state index in [1.54, 1.807) is 6.07 Å². The molecule has 5 heteroatoms. The molecule has 3 rings (SSSR count). The van der Waals surface area contributed by atoms with Crippen LogP contribution < -0.4 is 4.90 Å². The first-order chi connectivity index (χ1) is 8.00. The molecule has 1 aliphatic carbocycles. The second-order valence-corrected chi connectivity index (χ2v) is 5.57. The largest absolute Gasteiger partial charge is 0.356 e. The number of hydrogen-bond donors (Lipinski definition) is 0. The molecule has 2 atom stereocenters. The van der Waals surface area contributed by atoms with Gasteiger partial charge < -0.3 is 4.90 Å². The van der Waals surface area contributed by atoms with Crippen LogP contribution in [-0.4, -0.2) is 23.0 Å². The van der Waals surface area contributed by atoms with Crippen molar-refractivity contribution in [1.29, 1.82) is 0 Å². The van der Waals surface area contributed by atoms with E-state index in [1.165, 1.54) is 12.3 Å². The van der Waals surface area contributed by atoms with Crippen molar-refractivity contribution in [3.8, 4) is 0 Å². The SMILES string of the molecule is CC1(C)C2CN(c3ccc([N+](=O)[O-])cn3)CC21. The molecular weight excluding hydrogens is 218 g/mol. The first-order valence-electron chi connectivity index (χ1n) is 5.85. The molecule has 1 saturated carbocycles. The molecule has 0 aromatic carbocycles. The number of piperidine rings is 1. The summed E-state index contributed by atoms with van der Waals surface area (Å²) < 4.78 is 0. The molecule has 1 aromatic heterocycles. The second-order valence-electron chi connectivity index (χ2n) is 5.57. The van der Waals surface area contributed by atoms with Crippen LogP contribution >= 0.6 is 0 Å². The molecule has 2 unspecified atom stereocenters. The van der Waals surface area contributed by atoms with E-state index in [2.05, 4.69) is 23.7 Å². The van der Waals surface area contributed by atoms with Crippen LogP contribution in [0.1, 0.15) is 13.8 Å². The van der Waals surface area contributed by atoms with Gasteiger partial charge in [0, 0.05) is 19.2 Å². The predicted octanol–water partition coefficient (Wildman–Crippen LogP) is 2.08. The molecule has 1 aliphatic heterocycles. The van der Waals surface area contributed by atoms with Gasteiger partial charge in [-0.05, 0) is 23.3 Å². The number of nitro groups is 1. The van der Waals surface area contributed by atoms with Gasteiger partial charge in [0.15, 0.2) is 0 Å². The summed E-state index contributed by atoms with van der Waals surface area (Å²) in [6, 6.07) is 3.27. The maximum Gasteiger partial charge on any atom is 0.287 e. The summed E-state index contributed by atoms with van der Waals surface area (Å²) in [6.45, 7) is 6.68. The zero-order valence-corrected chi connectivity index (χ0v) is 9.96. The maximum atomic E-state index is 10.5. The summed E-state index contributed by atoms with van der Waals surface area (Å²) in [5, 5.41) is 10.5. The van der Waals surface area contributed by atoms with E-state index in [1.807, 2.05) is 0 Å². The Hall–Kier alpha value is -1.65. The Balaban J connectivity index is 1.73. The van der Waals surface area contributed by atoms with E-state index >= 15 is 0 Å². The monoisotopic (exact) mass is 233 g/mol. The molecule has 2 heterocycles. The van der Waals surface area contributed by atoms with Crippen LogP contribution in [0.3, 0.4) is 0 Å². The van der Waals surface area contributed by atoms with Crippen LogP contribution in [0.15, 0.2) is 18.3 Å². The minimum atomic E-state index is -0.415. The first-order valence-corrected chi connectivity index (χ1v) is 5.85. The minimum Gasteiger partial charge on any atom is -0.356 e. The van der Waals surface area contributed by atoms with Crippen molar-refractivity contribution >= 4 is 11.5 Å². The van der Waals surface area contributed by atoms with Gasteiger partial charge in [-0.3, -0.25) is 10.1 Å². The van der Waals surface area contributed by atoms with Crippen molar-refractivity contribution in [2.24, 2.45) is 17.3 Å². The first kappa shape index (κ1) is 10.5. The van der Waals surface area contributed by atoms with Crippen molar-refractivity contribution in [1.82, 2.24) is 4.98 Å². The van der Waals surface area contributed by atoms with Gasteiger partial charge in [-0.25, -0.2) is 4.98 Å². The van der Waals surface area contributed by atoms with Crippen LogP contribution in [0.4, 0.5) is 11.5 Å². The minimum absolute atomic E-state index is 0.0541.